The van der Waals surface area contributed by atoms with Gasteiger partial charge in [0.15, 0.2) is 17.5 Å². The molecule has 8 rings (SSSR count). The predicted molar refractivity (Wildman–Crippen MR) is 200 cm³/mol. The summed E-state index contributed by atoms with van der Waals surface area (Å²) in [5, 5.41) is 12.4. The van der Waals surface area contributed by atoms with Gasteiger partial charge in [0.1, 0.15) is 0 Å². The molecule has 5 nitrogen and oxygen atoms in total. The molecule has 2 heterocycles. The molecular formula is C44H31N5. The molecule has 0 saturated heterocycles. The van der Waals surface area contributed by atoms with Crippen LogP contribution in [0.25, 0.3) is 62.8 Å². The smallest absolute Gasteiger partial charge is 0.164 e. The predicted octanol–water partition coefficient (Wildman–Crippen LogP) is 10.0. The van der Waals surface area contributed by atoms with Gasteiger partial charge in [0.05, 0.1) is 5.71 Å². The number of hydrogen-bond donors (Lipinski definition) is 2. The third-order valence-corrected chi connectivity index (χ3v) is 8.54. The quantitative estimate of drug-likeness (QED) is 0.172. The number of aromatic nitrogens is 3. The van der Waals surface area contributed by atoms with Crippen molar-refractivity contribution in [2.45, 2.75) is 0 Å². The van der Waals surface area contributed by atoms with Crippen LogP contribution < -0.4 is 5.32 Å². The van der Waals surface area contributed by atoms with Crippen LogP contribution in [0.1, 0.15) is 22.3 Å². The van der Waals surface area contributed by atoms with Crippen molar-refractivity contribution in [3.05, 3.63) is 192 Å². The fraction of sp³-hybridized carbons (Fsp3) is 0. The topological polar surface area (TPSA) is 74.6 Å². The van der Waals surface area contributed by atoms with Gasteiger partial charge in [-0.1, -0.05) is 158 Å². The molecule has 1 aliphatic rings. The number of nitrogens with one attached hydrogen (secondary N) is 2. The fourth-order valence-electron chi connectivity index (χ4n) is 5.99. The molecule has 0 amide bonds. The van der Waals surface area contributed by atoms with Gasteiger partial charge >= 0.3 is 0 Å². The maximum Gasteiger partial charge on any atom is 0.164 e. The first kappa shape index (κ1) is 29.7. The van der Waals surface area contributed by atoms with E-state index in [2.05, 4.69) is 66.0 Å². The van der Waals surface area contributed by atoms with Gasteiger partial charge < -0.3 is 10.7 Å². The van der Waals surface area contributed by atoms with E-state index in [4.69, 9.17) is 20.4 Å². The summed E-state index contributed by atoms with van der Waals surface area (Å²) in [7, 11) is 0. The molecule has 7 aromatic rings. The summed E-state index contributed by atoms with van der Waals surface area (Å²) in [6.07, 6.45) is 4.10. The molecular weight excluding hydrogens is 599 g/mol. The van der Waals surface area contributed by atoms with Gasteiger partial charge in [0, 0.05) is 33.6 Å². The molecule has 5 heteroatoms. The van der Waals surface area contributed by atoms with Crippen LogP contribution in [-0.4, -0.2) is 20.7 Å². The minimum absolute atomic E-state index is 0.451. The highest BCUT2D eigenvalue weighted by atomic mass is 15.0. The van der Waals surface area contributed by atoms with Crippen molar-refractivity contribution in [3.63, 3.8) is 0 Å². The average molecular weight is 630 g/mol. The summed E-state index contributed by atoms with van der Waals surface area (Å²) in [5.41, 5.74) is 11.4. The second-order valence-corrected chi connectivity index (χ2v) is 11.8. The molecule has 0 radical (unpaired) electrons. The Morgan fingerprint density at radius 1 is 0.469 bits per heavy atom. The standard InChI is InChI=1S/C44H31N5/c45-39(31-13-5-1-6-14-31)29-41-38-26-25-36(27-37(38)28-40(46-41)32-15-7-2-8-16-32)30-21-23-35(24-22-30)44-48-42(33-17-9-3-10-18-33)47-43(49-44)34-19-11-4-12-20-34/h1-29,45-46H/b41-29-,45-39?. The Labute approximate surface area is 285 Å². The van der Waals surface area contributed by atoms with Crippen LogP contribution >= 0.6 is 0 Å². The zero-order valence-electron chi connectivity index (χ0n) is 26.6. The van der Waals surface area contributed by atoms with E-state index in [0.717, 1.165) is 61.5 Å². The number of rotatable bonds is 7. The Hall–Kier alpha value is -6.72. The van der Waals surface area contributed by atoms with Crippen molar-refractivity contribution in [3.8, 4) is 45.3 Å². The number of hydrogen-bond acceptors (Lipinski definition) is 5. The molecule has 6 aromatic carbocycles. The largest absolute Gasteiger partial charge is 0.354 e. The first-order chi connectivity index (χ1) is 24.2. The van der Waals surface area contributed by atoms with Crippen LogP contribution in [0.3, 0.4) is 0 Å². The molecule has 0 spiro atoms. The van der Waals surface area contributed by atoms with E-state index in [9.17, 15) is 0 Å². The van der Waals surface area contributed by atoms with Gasteiger partial charge in [-0.2, -0.15) is 0 Å². The number of nitrogens with zero attached hydrogens (tertiary/aromatic N) is 3. The maximum absolute atomic E-state index is 8.82. The first-order valence-corrected chi connectivity index (χ1v) is 16.2. The van der Waals surface area contributed by atoms with E-state index >= 15 is 0 Å². The van der Waals surface area contributed by atoms with E-state index < -0.39 is 0 Å². The zero-order chi connectivity index (χ0) is 33.0. The molecule has 0 aliphatic carbocycles. The summed E-state index contributed by atoms with van der Waals surface area (Å²) < 4.78 is 0. The highest BCUT2D eigenvalue weighted by Crippen LogP contribution is 2.34. The van der Waals surface area contributed by atoms with Crippen LogP contribution in [0, 0.1) is 5.41 Å². The van der Waals surface area contributed by atoms with Crippen molar-refractivity contribution in [1.82, 2.24) is 20.3 Å². The molecule has 0 saturated carbocycles. The number of benzene rings is 6. The molecule has 1 aromatic heterocycles. The average Bonchev–Trinajstić information content (AvgIpc) is 3.19. The molecule has 0 fully saturated rings. The number of fused-ring (bicyclic) bond motifs is 1. The lowest BCUT2D eigenvalue weighted by atomic mass is 9.92. The Kier molecular flexibility index (Phi) is 7.98. The molecule has 0 bridgehead atoms. The SMILES string of the molecule is N=C(/C=C1\NC(c2ccccc2)=Cc2cc(-c3ccc(-c4nc(-c5ccccc5)nc(-c5ccccc5)n4)cc3)ccc21)c1ccccc1. The van der Waals surface area contributed by atoms with Gasteiger partial charge in [-0.3, -0.25) is 0 Å². The van der Waals surface area contributed by atoms with Crippen LogP contribution in [0.15, 0.2) is 170 Å². The Morgan fingerprint density at radius 3 is 1.47 bits per heavy atom. The minimum atomic E-state index is 0.451. The van der Waals surface area contributed by atoms with Gasteiger partial charge in [0.2, 0.25) is 0 Å². The summed E-state index contributed by atoms with van der Waals surface area (Å²) in [4.78, 5) is 14.6. The van der Waals surface area contributed by atoms with Crippen molar-refractivity contribution >= 4 is 23.2 Å². The molecule has 49 heavy (non-hydrogen) atoms. The van der Waals surface area contributed by atoms with E-state index in [1.807, 2.05) is 115 Å². The molecule has 0 atom stereocenters. The van der Waals surface area contributed by atoms with Crippen LogP contribution in [0.4, 0.5) is 0 Å². The van der Waals surface area contributed by atoms with Crippen molar-refractivity contribution < 1.29 is 0 Å². The molecule has 1 aliphatic heterocycles. The van der Waals surface area contributed by atoms with Crippen molar-refractivity contribution in [2.24, 2.45) is 0 Å². The van der Waals surface area contributed by atoms with Gasteiger partial charge in [-0.05, 0) is 46.0 Å². The third kappa shape index (κ3) is 6.33. The summed E-state index contributed by atoms with van der Waals surface area (Å²) in [6, 6.07) is 55.0. The monoisotopic (exact) mass is 629 g/mol. The van der Waals surface area contributed by atoms with Gasteiger partial charge in [-0.25, -0.2) is 15.0 Å². The lowest BCUT2D eigenvalue weighted by Gasteiger charge is -2.23. The zero-order valence-corrected chi connectivity index (χ0v) is 26.6. The number of allylic oxidation sites excluding steroid dienone is 1. The Bertz CT molecular complexity index is 2270. The van der Waals surface area contributed by atoms with Crippen LogP contribution in [-0.2, 0) is 0 Å². The maximum atomic E-state index is 8.82. The van der Waals surface area contributed by atoms with Crippen LogP contribution in [0.5, 0.6) is 0 Å². The van der Waals surface area contributed by atoms with E-state index in [0.29, 0.717) is 23.2 Å². The second kappa shape index (κ2) is 13.2. The first-order valence-electron chi connectivity index (χ1n) is 16.2. The van der Waals surface area contributed by atoms with Crippen molar-refractivity contribution in [1.29, 1.82) is 5.41 Å². The highest BCUT2D eigenvalue weighted by molar-refractivity contribution is 6.12. The summed E-state index contributed by atoms with van der Waals surface area (Å²) in [5.74, 6) is 1.91. The van der Waals surface area contributed by atoms with Crippen molar-refractivity contribution in [2.75, 3.05) is 0 Å². The van der Waals surface area contributed by atoms with Gasteiger partial charge in [-0.15, -0.1) is 0 Å². The molecule has 0 unspecified atom stereocenters. The lowest BCUT2D eigenvalue weighted by Crippen LogP contribution is -2.17. The van der Waals surface area contributed by atoms with Gasteiger partial charge in [0.25, 0.3) is 0 Å². The second-order valence-electron chi connectivity index (χ2n) is 11.8. The molecule has 232 valence electrons. The normalized spacial score (nSPS) is 12.9. The summed E-state index contributed by atoms with van der Waals surface area (Å²) >= 11 is 0. The third-order valence-electron chi connectivity index (χ3n) is 8.54. The highest BCUT2D eigenvalue weighted by Gasteiger charge is 2.18. The van der Waals surface area contributed by atoms with E-state index in [1.54, 1.807) is 0 Å². The van der Waals surface area contributed by atoms with Crippen LogP contribution in [0.2, 0.25) is 0 Å². The fourth-order valence-corrected chi connectivity index (χ4v) is 5.99. The molecule has 2 N–H and O–H groups in total. The van der Waals surface area contributed by atoms with E-state index in [-0.39, 0.29) is 0 Å². The van der Waals surface area contributed by atoms with E-state index in [1.165, 1.54) is 0 Å². The summed E-state index contributed by atoms with van der Waals surface area (Å²) in [6.45, 7) is 0. The lowest BCUT2D eigenvalue weighted by molar-refractivity contribution is 1.07. The Morgan fingerprint density at radius 2 is 0.918 bits per heavy atom. The Balaban J connectivity index is 1.16. The minimum Gasteiger partial charge on any atom is -0.354 e.